The van der Waals surface area contributed by atoms with E-state index in [0.29, 0.717) is 6.61 Å². The van der Waals surface area contributed by atoms with E-state index in [1.807, 2.05) is 48.2 Å². The molecule has 0 saturated carbocycles. The van der Waals surface area contributed by atoms with Gasteiger partial charge in [-0.3, -0.25) is 0 Å². The number of thioether (sulfide) groups is 1. The lowest BCUT2D eigenvalue weighted by atomic mass is 10.0. The van der Waals surface area contributed by atoms with Crippen LogP contribution in [0.4, 0.5) is 4.79 Å². The third-order valence-corrected chi connectivity index (χ3v) is 5.65. The van der Waals surface area contributed by atoms with Crippen molar-refractivity contribution in [1.29, 1.82) is 0 Å². The number of nitrogens with one attached hydrogen (secondary N) is 2. The van der Waals surface area contributed by atoms with Crippen LogP contribution >= 0.6 is 11.8 Å². The third kappa shape index (κ3) is 3.08. The van der Waals surface area contributed by atoms with E-state index >= 15 is 0 Å². The van der Waals surface area contributed by atoms with Crippen LogP contribution in [0.15, 0.2) is 53.4 Å². The van der Waals surface area contributed by atoms with Gasteiger partial charge in [0.1, 0.15) is 5.75 Å². The van der Waals surface area contributed by atoms with E-state index in [2.05, 4.69) is 22.8 Å². The van der Waals surface area contributed by atoms with Gasteiger partial charge in [0.25, 0.3) is 0 Å². The van der Waals surface area contributed by atoms with Gasteiger partial charge in [0.2, 0.25) is 0 Å². The summed E-state index contributed by atoms with van der Waals surface area (Å²) in [5.74, 6) is 1.90. The Morgan fingerprint density at radius 1 is 0.958 bits per heavy atom. The minimum atomic E-state index is -0.108. The Morgan fingerprint density at radius 2 is 1.67 bits per heavy atom. The van der Waals surface area contributed by atoms with Gasteiger partial charge in [0.15, 0.2) is 0 Å². The summed E-state index contributed by atoms with van der Waals surface area (Å²) >= 11 is 1.86. The monoisotopic (exact) mass is 340 g/mol. The molecule has 2 heterocycles. The molecule has 0 bridgehead atoms. The van der Waals surface area contributed by atoms with E-state index in [1.165, 1.54) is 10.5 Å². The van der Waals surface area contributed by atoms with Crippen LogP contribution in [0.25, 0.3) is 0 Å². The highest BCUT2D eigenvalue weighted by atomic mass is 32.2. The Balaban J connectivity index is 1.45. The second kappa shape index (κ2) is 6.77. The van der Waals surface area contributed by atoms with E-state index in [4.69, 9.17) is 4.74 Å². The summed E-state index contributed by atoms with van der Waals surface area (Å²) in [5, 5.41) is 6.27. The molecular formula is C19H20N2O2S. The predicted molar refractivity (Wildman–Crippen MR) is 95.5 cm³/mol. The largest absolute Gasteiger partial charge is 0.493 e. The highest BCUT2D eigenvalue weighted by Gasteiger charge is 2.25. The summed E-state index contributed by atoms with van der Waals surface area (Å²) in [4.78, 5) is 13.8. The average Bonchev–Trinajstić information content (AvgIpc) is 2.62. The second-order valence-electron chi connectivity index (χ2n) is 6.07. The standard InChI is InChI=1S/C19H20N2O2S/c22-19(20-15-9-11-23-17-7-3-1-5-13(15)17)21-16-10-12-24-18-8-4-2-6-14(16)18/h1-8,15-16H,9-12H2,(H2,20,21,22)/t15-,16+/m1/s1. The Morgan fingerprint density at radius 3 is 2.54 bits per heavy atom. The Bertz CT molecular complexity index is 688. The van der Waals surface area contributed by atoms with Crippen LogP contribution in [0.3, 0.4) is 0 Å². The van der Waals surface area contributed by atoms with Gasteiger partial charge in [0.05, 0.1) is 18.7 Å². The van der Waals surface area contributed by atoms with Crippen molar-refractivity contribution in [3.8, 4) is 5.75 Å². The fourth-order valence-corrected chi connectivity index (χ4v) is 4.47. The first-order valence-electron chi connectivity index (χ1n) is 8.32. The Kier molecular flexibility index (Phi) is 4.34. The third-order valence-electron chi connectivity index (χ3n) is 4.53. The maximum absolute atomic E-state index is 12.5. The number of para-hydroxylation sites is 1. The van der Waals surface area contributed by atoms with Gasteiger partial charge in [-0.2, -0.15) is 0 Å². The molecule has 0 aromatic heterocycles. The Labute approximate surface area is 146 Å². The van der Waals surface area contributed by atoms with Crippen LogP contribution < -0.4 is 15.4 Å². The number of fused-ring (bicyclic) bond motifs is 2. The van der Waals surface area contributed by atoms with Crippen LogP contribution in [0.2, 0.25) is 0 Å². The highest BCUT2D eigenvalue weighted by molar-refractivity contribution is 7.99. The molecule has 0 aliphatic carbocycles. The lowest BCUT2D eigenvalue weighted by Gasteiger charge is -2.29. The number of ether oxygens (including phenoxy) is 1. The van der Waals surface area contributed by atoms with Crippen molar-refractivity contribution in [1.82, 2.24) is 10.6 Å². The van der Waals surface area contributed by atoms with Crippen molar-refractivity contribution in [3.05, 3.63) is 59.7 Å². The van der Waals surface area contributed by atoms with Crippen LogP contribution in [0, 0.1) is 0 Å². The number of carbonyl (C=O) groups is 1. The molecular weight excluding hydrogens is 320 g/mol. The molecule has 0 saturated heterocycles. The van der Waals surface area contributed by atoms with Gasteiger partial charge in [-0.25, -0.2) is 4.79 Å². The van der Waals surface area contributed by atoms with Gasteiger partial charge in [-0.05, 0) is 24.1 Å². The van der Waals surface area contributed by atoms with Crippen molar-refractivity contribution in [2.75, 3.05) is 12.4 Å². The van der Waals surface area contributed by atoms with E-state index in [0.717, 1.165) is 29.9 Å². The molecule has 4 rings (SSSR count). The first-order valence-corrected chi connectivity index (χ1v) is 9.30. The van der Waals surface area contributed by atoms with Crippen LogP contribution in [0.5, 0.6) is 5.75 Å². The minimum absolute atomic E-state index is 0.00293. The van der Waals surface area contributed by atoms with Crippen LogP contribution in [-0.4, -0.2) is 18.4 Å². The number of carbonyl (C=O) groups excluding carboxylic acids is 1. The van der Waals surface area contributed by atoms with Gasteiger partial charge in [0, 0.05) is 22.6 Å². The molecule has 4 nitrogen and oxygen atoms in total. The first-order chi connectivity index (χ1) is 11.8. The number of hydrogen-bond acceptors (Lipinski definition) is 3. The number of amides is 2. The van der Waals surface area contributed by atoms with Crippen LogP contribution in [0.1, 0.15) is 36.1 Å². The van der Waals surface area contributed by atoms with Gasteiger partial charge in [-0.15, -0.1) is 11.8 Å². The minimum Gasteiger partial charge on any atom is -0.493 e. The topological polar surface area (TPSA) is 50.4 Å². The molecule has 5 heteroatoms. The molecule has 2 amide bonds. The normalized spacial score (nSPS) is 21.8. The molecule has 24 heavy (non-hydrogen) atoms. The zero-order valence-electron chi connectivity index (χ0n) is 13.3. The molecule has 0 fully saturated rings. The summed E-state index contributed by atoms with van der Waals surface area (Å²) in [6, 6.07) is 16.2. The second-order valence-corrected chi connectivity index (χ2v) is 7.21. The first kappa shape index (κ1) is 15.4. The van der Waals surface area contributed by atoms with E-state index in [1.54, 1.807) is 0 Å². The lowest BCUT2D eigenvalue weighted by molar-refractivity contribution is 0.220. The summed E-state index contributed by atoms with van der Waals surface area (Å²) in [6.07, 6.45) is 1.75. The van der Waals surface area contributed by atoms with E-state index < -0.39 is 0 Å². The van der Waals surface area contributed by atoms with Gasteiger partial charge < -0.3 is 15.4 Å². The molecule has 2 N–H and O–H groups in total. The fourth-order valence-electron chi connectivity index (χ4n) is 3.34. The lowest BCUT2D eigenvalue weighted by Crippen LogP contribution is -2.42. The molecule has 0 unspecified atom stereocenters. The highest BCUT2D eigenvalue weighted by Crippen LogP contribution is 2.36. The van der Waals surface area contributed by atoms with Crippen molar-refractivity contribution in [2.45, 2.75) is 29.8 Å². The quantitative estimate of drug-likeness (QED) is 0.867. The molecule has 2 aromatic carbocycles. The van der Waals surface area contributed by atoms with Crippen molar-refractivity contribution in [3.63, 3.8) is 0 Å². The summed E-state index contributed by atoms with van der Waals surface area (Å²) in [7, 11) is 0. The van der Waals surface area contributed by atoms with Crippen molar-refractivity contribution >= 4 is 17.8 Å². The maximum atomic E-state index is 12.5. The maximum Gasteiger partial charge on any atom is 0.315 e. The SMILES string of the molecule is O=C(N[C@H]1CCSc2ccccc21)N[C@@H]1CCOc2ccccc21. The van der Waals surface area contributed by atoms with E-state index in [-0.39, 0.29) is 18.1 Å². The average molecular weight is 340 g/mol. The summed E-state index contributed by atoms with van der Waals surface area (Å²) in [6.45, 7) is 0.630. The smallest absolute Gasteiger partial charge is 0.315 e. The molecule has 2 atom stereocenters. The molecule has 0 radical (unpaired) electrons. The fraction of sp³-hybridized carbons (Fsp3) is 0.316. The van der Waals surface area contributed by atoms with Crippen molar-refractivity contribution in [2.24, 2.45) is 0 Å². The number of hydrogen-bond donors (Lipinski definition) is 2. The number of urea groups is 1. The summed E-state index contributed by atoms with van der Waals surface area (Å²) < 4.78 is 5.66. The van der Waals surface area contributed by atoms with Crippen molar-refractivity contribution < 1.29 is 9.53 Å². The molecule has 124 valence electrons. The van der Waals surface area contributed by atoms with E-state index in [9.17, 15) is 4.79 Å². The molecule has 2 aliphatic heterocycles. The zero-order valence-corrected chi connectivity index (χ0v) is 14.1. The summed E-state index contributed by atoms with van der Waals surface area (Å²) in [5.41, 5.74) is 2.27. The molecule has 2 aromatic rings. The van der Waals surface area contributed by atoms with Gasteiger partial charge in [-0.1, -0.05) is 36.4 Å². The van der Waals surface area contributed by atoms with Crippen LogP contribution in [-0.2, 0) is 0 Å². The predicted octanol–water partition coefficient (Wildman–Crippen LogP) is 4.05. The number of benzene rings is 2. The van der Waals surface area contributed by atoms with Gasteiger partial charge >= 0.3 is 6.03 Å². The number of rotatable bonds is 2. The Hall–Kier alpha value is -2.14. The molecule has 2 aliphatic rings. The zero-order chi connectivity index (χ0) is 16.4. The molecule has 0 spiro atoms.